The molecule has 0 heterocycles. The van der Waals surface area contributed by atoms with Crippen molar-refractivity contribution >= 4 is 35.8 Å². The number of rotatable bonds is 46. The molecule has 0 aromatic rings. The van der Waals surface area contributed by atoms with E-state index in [0.29, 0.717) is 48.5 Å². The molecule has 0 saturated heterocycles. The standard InChI is InChI=1S/C75H131NO13/c1-5-9-15-23-58-29-39-65(40-30-58)72(80)86-54-63(55-87-73(81)66-41-31-59(32-42-66)24-16-10-6-2)52-84-70(78)27-19-13-21-49-76(69-47-37-62(51-77)38-48-69)50-22-14-20-28-71(79)85-53-64(56-88-74(82)67-43-33-60(34-44-67)25-17-11-7-3)57-89-75(83)68-45-35-61(36-46-68)26-18-12-8-4/h58-69,77H,5-57H2,1-4H3. The number of hydrogen-bond acceptors (Lipinski definition) is 14. The normalized spacial score (nSPS) is 25.6. The molecule has 0 bridgehead atoms. The first-order chi connectivity index (χ1) is 43.4. The van der Waals surface area contributed by atoms with Crippen LogP contribution in [0.25, 0.3) is 0 Å². The average Bonchev–Trinajstić information content (AvgIpc) is 3.77. The van der Waals surface area contributed by atoms with Crippen LogP contribution in [0.15, 0.2) is 0 Å². The van der Waals surface area contributed by atoms with Gasteiger partial charge in [-0.2, -0.15) is 0 Å². The average molecular weight is 1250 g/mol. The third-order valence-corrected chi connectivity index (χ3v) is 21.6. The number of hydrogen-bond donors (Lipinski definition) is 1. The summed E-state index contributed by atoms with van der Waals surface area (Å²) in [7, 11) is 0. The van der Waals surface area contributed by atoms with Gasteiger partial charge in [-0.1, -0.05) is 143 Å². The van der Waals surface area contributed by atoms with Gasteiger partial charge < -0.3 is 38.4 Å². The van der Waals surface area contributed by atoms with Crippen molar-refractivity contribution in [3.63, 3.8) is 0 Å². The maximum Gasteiger partial charge on any atom is 0.308 e. The number of aliphatic hydroxyl groups excluding tert-OH is 1. The highest BCUT2D eigenvalue weighted by atomic mass is 16.6. The molecule has 0 aromatic carbocycles. The van der Waals surface area contributed by atoms with Gasteiger partial charge in [0.05, 0.1) is 35.5 Å². The zero-order valence-electron chi connectivity index (χ0n) is 57.2. The summed E-state index contributed by atoms with van der Waals surface area (Å²) in [5.41, 5.74) is 0. The second-order valence-corrected chi connectivity index (χ2v) is 29.0. The summed E-state index contributed by atoms with van der Waals surface area (Å²) < 4.78 is 35.3. The summed E-state index contributed by atoms with van der Waals surface area (Å²) >= 11 is 0. The van der Waals surface area contributed by atoms with Gasteiger partial charge in [0, 0.05) is 25.5 Å². The summed E-state index contributed by atoms with van der Waals surface area (Å²) in [4.78, 5) is 82.5. The Morgan fingerprint density at radius 3 is 0.865 bits per heavy atom. The fourth-order valence-electron chi connectivity index (χ4n) is 15.3. The minimum absolute atomic E-state index is 0.0324. The predicted molar refractivity (Wildman–Crippen MR) is 352 cm³/mol. The minimum Gasteiger partial charge on any atom is -0.465 e. The molecular formula is C75H131NO13. The van der Waals surface area contributed by atoms with E-state index >= 15 is 0 Å². The molecule has 14 heteroatoms. The van der Waals surface area contributed by atoms with Crippen LogP contribution in [-0.4, -0.2) is 111 Å². The largest absolute Gasteiger partial charge is 0.465 e. The predicted octanol–water partition coefficient (Wildman–Crippen LogP) is 17.0. The highest BCUT2D eigenvalue weighted by molar-refractivity contribution is 5.74. The molecule has 0 amide bonds. The molecule has 5 saturated carbocycles. The molecule has 1 N–H and O–H groups in total. The lowest BCUT2D eigenvalue weighted by molar-refractivity contribution is -0.161. The smallest absolute Gasteiger partial charge is 0.308 e. The van der Waals surface area contributed by atoms with Gasteiger partial charge in [0.15, 0.2) is 0 Å². The van der Waals surface area contributed by atoms with E-state index in [2.05, 4.69) is 32.6 Å². The number of aliphatic hydroxyl groups is 1. The van der Waals surface area contributed by atoms with E-state index in [1.807, 2.05) is 0 Å². The highest BCUT2D eigenvalue weighted by Gasteiger charge is 2.34. The second-order valence-electron chi connectivity index (χ2n) is 29.0. The molecule has 89 heavy (non-hydrogen) atoms. The Labute approximate surface area is 541 Å². The van der Waals surface area contributed by atoms with Crippen molar-refractivity contribution in [3.8, 4) is 0 Å². The number of carbonyl (C=O) groups excluding carboxylic acids is 6. The molecule has 5 rings (SSSR count). The van der Waals surface area contributed by atoms with E-state index in [0.717, 1.165) is 167 Å². The molecule has 5 fully saturated rings. The zero-order chi connectivity index (χ0) is 63.7. The fraction of sp³-hybridized carbons (Fsp3) is 0.920. The lowest BCUT2D eigenvalue weighted by atomic mass is 9.80. The van der Waals surface area contributed by atoms with Crippen molar-refractivity contribution in [1.82, 2.24) is 4.90 Å². The van der Waals surface area contributed by atoms with Crippen molar-refractivity contribution in [2.75, 3.05) is 59.3 Å². The zero-order valence-corrected chi connectivity index (χ0v) is 57.2. The van der Waals surface area contributed by atoms with Gasteiger partial charge in [-0.25, -0.2) is 0 Å². The van der Waals surface area contributed by atoms with E-state index in [9.17, 15) is 33.9 Å². The van der Waals surface area contributed by atoms with E-state index < -0.39 is 11.8 Å². The first kappa shape index (κ1) is 76.5. The molecule has 0 spiro atoms. The number of nitrogens with zero attached hydrogens (tertiary/aromatic N) is 1. The van der Waals surface area contributed by atoms with E-state index in [1.54, 1.807) is 0 Å². The lowest BCUT2D eigenvalue weighted by Crippen LogP contribution is -2.39. The molecule has 0 atom stereocenters. The second kappa shape index (κ2) is 46.8. The summed E-state index contributed by atoms with van der Waals surface area (Å²) in [5, 5.41) is 9.90. The van der Waals surface area contributed by atoms with Gasteiger partial charge in [-0.05, 0) is 197 Å². The summed E-state index contributed by atoms with van der Waals surface area (Å²) in [6.07, 6.45) is 44.7. The molecule has 0 aliphatic heterocycles. The molecule has 5 aliphatic carbocycles. The van der Waals surface area contributed by atoms with Crippen LogP contribution in [0.3, 0.4) is 0 Å². The molecule has 0 unspecified atom stereocenters. The Kier molecular flexibility index (Phi) is 40.2. The number of carbonyl (C=O) groups is 6. The van der Waals surface area contributed by atoms with Crippen LogP contribution in [0.2, 0.25) is 0 Å². The third kappa shape index (κ3) is 32.0. The van der Waals surface area contributed by atoms with Crippen LogP contribution < -0.4 is 0 Å². The number of esters is 6. The van der Waals surface area contributed by atoms with Crippen LogP contribution in [0, 0.1) is 65.1 Å². The highest BCUT2D eigenvalue weighted by Crippen LogP contribution is 2.37. The molecular weight excluding hydrogens is 1120 g/mol. The van der Waals surface area contributed by atoms with E-state index in [1.165, 1.54) is 103 Å². The van der Waals surface area contributed by atoms with Crippen molar-refractivity contribution in [2.45, 2.75) is 316 Å². The van der Waals surface area contributed by atoms with Gasteiger partial charge in [-0.15, -0.1) is 0 Å². The van der Waals surface area contributed by atoms with Crippen molar-refractivity contribution in [3.05, 3.63) is 0 Å². The van der Waals surface area contributed by atoms with Crippen molar-refractivity contribution in [1.29, 1.82) is 0 Å². The van der Waals surface area contributed by atoms with Crippen LogP contribution in [-0.2, 0) is 57.2 Å². The van der Waals surface area contributed by atoms with Crippen LogP contribution >= 0.6 is 0 Å². The monoisotopic (exact) mass is 1250 g/mol. The SMILES string of the molecule is CCCCCC1CCC(C(=O)OCC(COC(=O)CCCCCN(CCCCCC(=O)OCC(COC(=O)C2CCC(CCCCC)CC2)COC(=O)C2CCC(CCCCC)CC2)C2CCC(CO)CC2)COC(=O)C2CCC(CCCCC)CC2)CC1. The van der Waals surface area contributed by atoms with E-state index in [4.69, 9.17) is 28.4 Å². The van der Waals surface area contributed by atoms with Crippen LogP contribution in [0.5, 0.6) is 0 Å². The molecule has 14 nitrogen and oxygen atoms in total. The quantitative estimate of drug-likeness (QED) is 0.0345. The number of unbranched alkanes of at least 4 members (excludes halogenated alkanes) is 12. The van der Waals surface area contributed by atoms with Crippen molar-refractivity contribution < 1.29 is 62.3 Å². The van der Waals surface area contributed by atoms with Crippen LogP contribution in [0.4, 0.5) is 0 Å². The third-order valence-electron chi connectivity index (χ3n) is 21.6. The van der Waals surface area contributed by atoms with E-state index in [-0.39, 0.29) is 119 Å². The summed E-state index contributed by atoms with van der Waals surface area (Å²) in [6, 6.07) is 0.431. The maximum absolute atomic E-state index is 13.3. The van der Waals surface area contributed by atoms with Gasteiger partial charge >= 0.3 is 35.8 Å². The van der Waals surface area contributed by atoms with Gasteiger partial charge in [0.25, 0.3) is 0 Å². The first-order valence-electron chi connectivity index (χ1n) is 37.7. The van der Waals surface area contributed by atoms with Gasteiger partial charge in [0.2, 0.25) is 0 Å². The lowest BCUT2D eigenvalue weighted by Gasteiger charge is -2.36. The van der Waals surface area contributed by atoms with Crippen LogP contribution in [0.1, 0.15) is 310 Å². The first-order valence-corrected chi connectivity index (χ1v) is 37.7. The summed E-state index contributed by atoms with van der Waals surface area (Å²) in [5.74, 6) is 0.449. The fourth-order valence-corrected chi connectivity index (χ4v) is 15.3. The maximum atomic E-state index is 13.3. The van der Waals surface area contributed by atoms with Gasteiger partial charge in [-0.3, -0.25) is 28.8 Å². The molecule has 5 aliphatic rings. The van der Waals surface area contributed by atoms with Crippen molar-refractivity contribution in [2.24, 2.45) is 65.1 Å². The topological polar surface area (TPSA) is 181 Å². The molecule has 0 radical (unpaired) electrons. The molecule has 514 valence electrons. The Bertz CT molecular complexity index is 1680. The molecule has 0 aromatic heterocycles. The Balaban J connectivity index is 1.03. The Hall–Kier alpha value is -3.26. The summed E-state index contributed by atoms with van der Waals surface area (Å²) in [6.45, 7) is 11.2. The Morgan fingerprint density at radius 1 is 0.326 bits per heavy atom. The number of ether oxygens (including phenoxy) is 6. The van der Waals surface area contributed by atoms with Gasteiger partial charge in [0.1, 0.15) is 39.6 Å². The minimum atomic E-state index is -0.431. The Morgan fingerprint density at radius 2 is 0.596 bits per heavy atom.